The summed E-state index contributed by atoms with van der Waals surface area (Å²) in [6.07, 6.45) is 1.58. The molecule has 5 nitrogen and oxygen atoms in total. The number of rotatable bonds is 2. The molecule has 1 atom stereocenters. The number of sulfonamides is 1. The zero-order valence-corrected chi connectivity index (χ0v) is 12.0. The number of pyridine rings is 1. The van der Waals surface area contributed by atoms with Crippen LogP contribution in [0, 0.1) is 6.92 Å². The molecule has 1 fully saturated rings. The third kappa shape index (κ3) is 2.19. The third-order valence-corrected chi connectivity index (χ3v) is 5.45. The minimum atomic E-state index is -3.60. The Morgan fingerprint density at radius 2 is 2.20 bits per heavy atom. The summed E-state index contributed by atoms with van der Waals surface area (Å²) in [6, 6.07) is 7.07. The van der Waals surface area contributed by atoms with Gasteiger partial charge in [-0.05, 0) is 31.0 Å². The largest absolute Gasteiger partial charge is 0.392 e. The summed E-state index contributed by atoms with van der Waals surface area (Å²) in [6.45, 7) is 2.43. The van der Waals surface area contributed by atoms with Gasteiger partial charge < -0.3 is 5.11 Å². The van der Waals surface area contributed by atoms with Crippen molar-refractivity contribution in [1.82, 2.24) is 9.29 Å². The van der Waals surface area contributed by atoms with E-state index in [9.17, 15) is 13.5 Å². The molecule has 1 aromatic carbocycles. The van der Waals surface area contributed by atoms with E-state index in [1.165, 1.54) is 4.31 Å². The van der Waals surface area contributed by atoms with E-state index in [2.05, 4.69) is 4.98 Å². The number of fused-ring (bicyclic) bond motifs is 1. The molecule has 1 aliphatic rings. The second-order valence-electron chi connectivity index (χ2n) is 5.15. The number of para-hydroxylation sites is 1. The van der Waals surface area contributed by atoms with Crippen LogP contribution in [0.4, 0.5) is 0 Å². The predicted octanol–water partition coefficient (Wildman–Crippen LogP) is 1.30. The first-order valence-corrected chi connectivity index (χ1v) is 7.96. The van der Waals surface area contributed by atoms with E-state index in [-0.39, 0.29) is 11.4 Å². The van der Waals surface area contributed by atoms with Crippen LogP contribution in [0.1, 0.15) is 12.0 Å². The Balaban J connectivity index is 2.14. The first kappa shape index (κ1) is 13.5. The van der Waals surface area contributed by atoms with Gasteiger partial charge in [-0.3, -0.25) is 4.98 Å². The molecule has 1 aromatic heterocycles. The maximum atomic E-state index is 12.7. The SMILES string of the molecule is Cc1cnc2c(S(=O)(=O)N3CCC(O)C3)cccc2c1. The highest BCUT2D eigenvalue weighted by molar-refractivity contribution is 7.89. The number of nitrogens with zero attached hydrogens (tertiary/aromatic N) is 2. The fourth-order valence-electron chi connectivity index (χ4n) is 2.52. The van der Waals surface area contributed by atoms with Gasteiger partial charge >= 0.3 is 0 Å². The number of hydrogen-bond acceptors (Lipinski definition) is 4. The molecule has 1 saturated heterocycles. The van der Waals surface area contributed by atoms with E-state index in [0.29, 0.717) is 18.5 Å². The molecule has 1 aliphatic heterocycles. The van der Waals surface area contributed by atoms with E-state index in [0.717, 1.165) is 10.9 Å². The Hall–Kier alpha value is -1.50. The predicted molar refractivity (Wildman–Crippen MR) is 75.9 cm³/mol. The number of hydrogen-bond donors (Lipinski definition) is 1. The van der Waals surface area contributed by atoms with E-state index < -0.39 is 16.1 Å². The van der Waals surface area contributed by atoms with Gasteiger partial charge in [0.15, 0.2) is 0 Å². The second kappa shape index (κ2) is 4.80. The van der Waals surface area contributed by atoms with E-state index >= 15 is 0 Å². The van der Waals surface area contributed by atoms with Crippen LogP contribution < -0.4 is 0 Å². The van der Waals surface area contributed by atoms with E-state index in [1.807, 2.05) is 19.1 Å². The lowest BCUT2D eigenvalue weighted by atomic mass is 10.2. The molecule has 0 bridgehead atoms. The van der Waals surface area contributed by atoms with Gasteiger partial charge in [-0.1, -0.05) is 12.1 Å². The van der Waals surface area contributed by atoms with Crippen LogP contribution in [-0.4, -0.2) is 42.0 Å². The molecule has 3 rings (SSSR count). The molecule has 2 heterocycles. The van der Waals surface area contributed by atoms with Crippen LogP contribution in [0.15, 0.2) is 35.4 Å². The number of aromatic nitrogens is 1. The Kier molecular flexibility index (Phi) is 3.24. The highest BCUT2D eigenvalue weighted by Gasteiger charge is 2.32. The van der Waals surface area contributed by atoms with Crippen molar-refractivity contribution in [2.75, 3.05) is 13.1 Å². The Morgan fingerprint density at radius 1 is 1.40 bits per heavy atom. The van der Waals surface area contributed by atoms with Crippen LogP contribution in [0.3, 0.4) is 0 Å². The summed E-state index contributed by atoms with van der Waals surface area (Å²) in [5.41, 5.74) is 1.48. The maximum Gasteiger partial charge on any atom is 0.245 e. The van der Waals surface area contributed by atoms with Crippen molar-refractivity contribution in [3.63, 3.8) is 0 Å². The van der Waals surface area contributed by atoms with Crippen LogP contribution in [-0.2, 0) is 10.0 Å². The summed E-state index contributed by atoms with van der Waals surface area (Å²) in [4.78, 5) is 4.48. The summed E-state index contributed by atoms with van der Waals surface area (Å²) in [7, 11) is -3.60. The molecule has 6 heteroatoms. The highest BCUT2D eigenvalue weighted by Crippen LogP contribution is 2.27. The van der Waals surface area contributed by atoms with Crippen molar-refractivity contribution in [2.24, 2.45) is 0 Å². The maximum absolute atomic E-state index is 12.7. The van der Waals surface area contributed by atoms with Gasteiger partial charge in [-0.15, -0.1) is 0 Å². The molecule has 0 saturated carbocycles. The Bertz CT molecular complexity index is 758. The average Bonchev–Trinajstić information content (AvgIpc) is 2.85. The zero-order valence-electron chi connectivity index (χ0n) is 11.2. The molecule has 1 N–H and O–H groups in total. The molecular formula is C14H16N2O3S. The van der Waals surface area contributed by atoms with Gasteiger partial charge in [0, 0.05) is 24.7 Å². The van der Waals surface area contributed by atoms with Crippen LogP contribution in [0.5, 0.6) is 0 Å². The van der Waals surface area contributed by atoms with Crippen molar-refractivity contribution in [3.05, 3.63) is 36.0 Å². The average molecular weight is 292 g/mol. The summed E-state index contributed by atoms with van der Waals surface area (Å²) < 4.78 is 26.6. The Labute approximate surface area is 117 Å². The Morgan fingerprint density at radius 3 is 2.90 bits per heavy atom. The van der Waals surface area contributed by atoms with E-state index in [1.54, 1.807) is 18.3 Å². The van der Waals surface area contributed by atoms with Crippen LogP contribution in [0.2, 0.25) is 0 Å². The minimum absolute atomic E-state index is 0.157. The van der Waals surface area contributed by atoms with Crippen molar-refractivity contribution in [2.45, 2.75) is 24.3 Å². The fraction of sp³-hybridized carbons (Fsp3) is 0.357. The molecule has 20 heavy (non-hydrogen) atoms. The van der Waals surface area contributed by atoms with E-state index in [4.69, 9.17) is 0 Å². The number of aliphatic hydroxyl groups excluding tert-OH is 1. The van der Waals surface area contributed by atoms with Crippen molar-refractivity contribution >= 4 is 20.9 Å². The molecule has 106 valence electrons. The zero-order chi connectivity index (χ0) is 14.3. The molecule has 0 radical (unpaired) electrons. The van der Waals surface area contributed by atoms with Crippen molar-refractivity contribution in [3.8, 4) is 0 Å². The number of aryl methyl sites for hydroxylation is 1. The summed E-state index contributed by atoms with van der Waals surface area (Å²) in [5.74, 6) is 0. The first-order chi connectivity index (χ1) is 9.48. The van der Waals surface area contributed by atoms with Gasteiger partial charge in [-0.2, -0.15) is 4.31 Å². The van der Waals surface area contributed by atoms with Crippen LogP contribution in [0.25, 0.3) is 10.9 Å². The molecule has 0 amide bonds. The quantitative estimate of drug-likeness (QED) is 0.905. The molecule has 0 spiro atoms. The van der Waals surface area contributed by atoms with Crippen LogP contribution >= 0.6 is 0 Å². The van der Waals surface area contributed by atoms with Gasteiger partial charge in [0.25, 0.3) is 0 Å². The lowest BCUT2D eigenvalue weighted by molar-refractivity contribution is 0.189. The number of β-amino-alcohol motifs (C(OH)–C–C–N with tert-alkyl or cyclic N) is 1. The molecule has 1 unspecified atom stereocenters. The first-order valence-electron chi connectivity index (χ1n) is 6.52. The molecule has 0 aliphatic carbocycles. The van der Waals surface area contributed by atoms with Gasteiger partial charge in [-0.25, -0.2) is 8.42 Å². The topological polar surface area (TPSA) is 70.5 Å². The van der Waals surface area contributed by atoms with Crippen molar-refractivity contribution < 1.29 is 13.5 Å². The third-order valence-electron chi connectivity index (χ3n) is 3.55. The van der Waals surface area contributed by atoms with Gasteiger partial charge in [0.05, 0.1) is 11.6 Å². The monoisotopic (exact) mass is 292 g/mol. The molecule has 2 aromatic rings. The minimum Gasteiger partial charge on any atom is -0.392 e. The fourth-order valence-corrected chi connectivity index (χ4v) is 4.18. The number of aliphatic hydroxyl groups is 1. The van der Waals surface area contributed by atoms with Gasteiger partial charge in [0.1, 0.15) is 4.90 Å². The molecular weight excluding hydrogens is 276 g/mol. The lowest BCUT2D eigenvalue weighted by Gasteiger charge is -2.16. The van der Waals surface area contributed by atoms with Gasteiger partial charge in [0.2, 0.25) is 10.0 Å². The summed E-state index contributed by atoms with van der Waals surface area (Å²) in [5, 5.41) is 10.3. The smallest absolute Gasteiger partial charge is 0.245 e. The normalized spacial score (nSPS) is 20.6. The second-order valence-corrected chi connectivity index (χ2v) is 7.05. The lowest BCUT2D eigenvalue weighted by Crippen LogP contribution is -2.30. The number of benzene rings is 1. The van der Waals surface area contributed by atoms with Crippen molar-refractivity contribution in [1.29, 1.82) is 0 Å². The standard InChI is InChI=1S/C14H16N2O3S/c1-10-7-11-3-2-4-13(14(11)15-8-10)20(18,19)16-6-5-12(17)9-16/h2-4,7-8,12,17H,5-6,9H2,1H3. The highest BCUT2D eigenvalue weighted by atomic mass is 32.2. The summed E-state index contributed by atoms with van der Waals surface area (Å²) >= 11 is 0.